The van der Waals surface area contributed by atoms with E-state index in [4.69, 9.17) is 10.2 Å². The van der Waals surface area contributed by atoms with E-state index in [2.05, 4.69) is 12.2 Å². The number of hydrogen-bond donors (Lipinski definition) is 3. The van der Waals surface area contributed by atoms with E-state index in [1.165, 1.54) is 0 Å². The molecule has 0 aromatic rings. The Morgan fingerprint density at radius 2 is 1.60 bits per heavy atom. The molecule has 0 bridgehead atoms. The van der Waals surface area contributed by atoms with Crippen LogP contribution in [0.3, 0.4) is 0 Å². The number of urea groups is 1. The summed E-state index contributed by atoms with van der Waals surface area (Å²) in [7, 11) is 0. The molecule has 0 aliphatic rings. The second kappa shape index (κ2) is 10.1. The number of nitrogens with one attached hydrogen (secondary N) is 1. The van der Waals surface area contributed by atoms with Crippen LogP contribution in [-0.2, 0) is 9.59 Å². The lowest BCUT2D eigenvalue weighted by Gasteiger charge is -2.22. The van der Waals surface area contributed by atoms with Gasteiger partial charge in [-0.25, -0.2) is 4.79 Å². The summed E-state index contributed by atoms with van der Waals surface area (Å²) < 4.78 is 0. The Morgan fingerprint density at radius 3 is 2.05 bits per heavy atom. The first-order valence-electron chi connectivity index (χ1n) is 6.85. The molecule has 0 aliphatic carbocycles. The van der Waals surface area contributed by atoms with Crippen molar-refractivity contribution in [2.45, 2.75) is 52.0 Å². The summed E-state index contributed by atoms with van der Waals surface area (Å²) >= 11 is 0. The summed E-state index contributed by atoms with van der Waals surface area (Å²) in [6.07, 6.45) is 5.13. The van der Waals surface area contributed by atoms with Crippen molar-refractivity contribution < 1.29 is 24.6 Å². The van der Waals surface area contributed by atoms with Gasteiger partial charge in [0.2, 0.25) is 0 Å². The summed E-state index contributed by atoms with van der Waals surface area (Å²) in [6.45, 7) is 2.69. The van der Waals surface area contributed by atoms with Gasteiger partial charge in [-0.2, -0.15) is 0 Å². The van der Waals surface area contributed by atoms with Crippen LogP contribution in [0.4, 0.5) is 4.79 Å². The zero-order chi connectivity index (χ0) is 15.5. The number of carboxylic acid groups (broad SMARTS) is 2. The molecule has 7 nitrogen and oxygen atoms in total. The number of hydrogen-bond acceptors (Lipinski definition) is 3. The van der Waals surface area contributed by atoms with Crippen LogP contribution in [0.25, 0.3) is 0 Å². The fourth-order valence-electron chi connectivity index (χ4n) is 1.78. The summed E-state index contributed by atoms with van der Waals surface area (Å²) in [6, 6.07) is -0.762. The van der Waals surface area contributed by atoms with Crippen molar-refractivity contribution in [3.8, 4) is 0 Å². The van der Waals surface area contributed by atoms with Gasteiger partial charge in [-0.3, -0.25) is 9.59 Å². The van der Waals surface area contributed by atoms with Crippen molar-refractivity contribution >= 4 is 18.0 Å². The average molecular weight is 288 g/mol. The molecule has 2 amide bonds. The average Bonchev–Trinajstić information content (AvgIpc) is 2.32. The highest BCUT2D eigenvalue weighted by molar-refractivity contribution is 5.84. The van der Waals surface area contributed by atoms with E-state index in [1.807, 2.05) is 6.92 Å². The van der Waals surface area contributed by atoms with Crippen LogP contribution in [0.2, 0.25) is 0 Å². The molecule has 0 aromatic carbocycles. The SMILES string of the molecule is CCCCCCC(C)NC(=O)N(CC(=O)O)CC(=O)O. The van der Waals surface area contributed by atoms with Crippen molar-refractivity contribution in [2.75, 3.05) is 13.1 Å². The summed E-state index contributed by atoms with van der Waals surface area (Å²) in [5, 5.41) is 20.0. The second-order valence-corrected chi connectivity index (χ2v) is 4.84. The molecule has 0 rings (SSSR count). The number of rotatable bonds is 10. The Bertz CT molecular complexity index is 317. The Morgan fingerprint density at radius 1 is 1.05 bits per heavy atom. The maximum Gasteiger partial charge on any atom is 0.323 e. The van der Waals surface area contributed by atoms with E-state index in [1.54, 1.807) is 0 Å². The molecule has 0 spiro atoms. The maximum atomic E-state index is 11.8. The molecule has 0 aliphatic heterocycles. The molecule has 1 atom stereocenters. The molecule has 0 saturated carbocycles. The van der Waals surface area contributed by atoms with Gasteiger partial charge in [0.05, 0.1) is 0 Å². The van der Waals surface area contributed by atoms with Crippen LogP contribution in [0.5, 0.6) is 0 Å². The molecule has 0 radical (unpaired) electrons. The lowest BCUT2D eigenvalue weighted by molar-refractivity contribution is -0.140. The van der Waals surface area contributed by atoms with Crippen molar-refractivity contribution in [1.82, 2.24) is 10.2 Å². The van der Waals surface area contributed by atoms with Gasteiger partial charge in [0, 0.05) is 6.04 Å². The van der Waals surface area contributed by atoms with E-state index >= 15 is 0 Å². The topological polar surface area (TPSA) is 107 Å². The number of unbranched alkanes of at least 4 members (excludes halogenated alkanes) is 3. The van der Waals surface area contributed by atoms with Crippen molar-refractivity contribution in [1.29, 1.82) is 0 Å². The van der Waals surface area contributed by atoms with Crippen molar-refractivity contribution in [3.63, 3.8) is 0 Å². The first kappa shape index (κ1) is 18.2. The quantitative estimate of drug-likeness (QED) is 0.528. The minimum atomic E-state index is -1.24. The molecule has 116 valence electrons. The number of carboxylic acids is 2. The van der Waals surface area contributed by atoms with Gasteiger partial charge in [0.15, 0.2) is 0 Å². The first-order valence-corrected chi connectivity index (χ1v) is 6.85. The predicted molar refractivity (Wildman–Crippen MR) is 73.6 cm³/mol. The van der Waals surface area contributed by atoms with Gasteiger partial charge in [-0.05, 0) is 13.3 Å². The molecule has 0 aromatic heterocycles. The Kier molecular flexibility index (Phi) is 9.15. The van der Waals surface area contributed by atoms with E-state index in [-0.39, 0.29) is 6.04 Å². The Labute approximate surface area is 119 Å². The maximum absolute atomic E-state index is 11.8. The fraction of sp³-hybridized carbons (Fsp3) is 0.769. The standard InChI is InChI=1S/C13H24N2O5/c1-3-4-5-6-7-10(2)14-13(20)15(8-11(16)17)9-12(18)19/h10H,3-9H2,1-2H3,(H,14,20)(H,16,17)(H,18,19). The second-order valence-electron chi connectivity index (χ2n) is 4.84. The summed E-state index contributed by atoms with van der Waals surface area (Å²) in [4.78, 5) is 33.8. The third-order valence-electron chi connectivity index (χ3n) is 2.80. The van der Waals surface area contributed by atoms with Gasteiger partial charge in [-0.15, -0.1) is 0 Å². The number of amides is 2. The third kappa shape index (κ3) is 9.18. The molecule has 0 fully saturated rings. The van der Waals surface area contributed by atoms with Gasteiger partial charge in [0.25, 0.3) is 0 Å². The number of nitrogens with zero attached hydrogens (tertiary/aromatic N) is 1. The molecule has 20 heavy (non-hydrogen) atoms. The summed E-state index contributed by atoms with van der Waals surface area (Å²) in [5.74, 6) is -2.48. The fourth-order valence-corrected chi connectivity index (χ4v) is 1.78. The molecule has 0 saturated heterocycles. The summed E-state index contributed by atoms with van der Waals surface area (Å²) in [5.41, 5.74) is 0. The number of carbonyl (C=O) groups is 3. The number of aliphatic carboxylic acids is 2. The Hall–Kier alpha value is -1.79. The monoisotopic (exact) mass is 288 g/mol. The molecular weight excluding hydrogens is 264 g/mol. The van der Waals surface area contributed by atoms with Gasteiger partial charge in [0.1, 0.15) is 13.1 Å². The third-order valence-corrected chi connectivity index (χ3v) is 2.80. The minimum Gasteiger partial charge on any atom is -0.480 e. The van der Waals surface area contributed by atoms with Crippen LogP contribution in [0, 0.1) is 0 Å². The smallest absolute Gasteiger partial charge is 0.323 e. The minimum absolute atomic E-state index is 0.107. The predicted octanol–water partition coefficient (Wildman–Crippen LogP) is 1.53. The van der Waals surface area contributed by atoms with E-state index in [0.29, 0.717) is 0 Å². The van der Waals surface area contributed by atoms with Crippen LogP contribution in [0.1, 0.15) is 46.0 Å². The molecule has 7 heteroatoms. The van der Waals surface area contributed by atoms with Gasteiger partial charge < -0.3 is 20.4 Å². The highest BCUT2D eigenvalue weighted by Crippen LogP contribution is 2.05. The van der Waals surface area contributed by atoms with Crippen LogP contribution < -0.4 is 5.32 Å². The van der Waals surface area contributed by atoms with E-state index in [0.717, 1.165) is 37.0 Å². The zero-order valence-electron chi connectivity index (χ0n) is 12.1. The largest absolute Gasteiger partial charge is 0.480 e. The van der Waals surface area contributed by atoms with Gasteiger partial charge >= 0.3 is 18.0 Å². The van der Waals surface area contributed by atoms with Gasteiger partial charge in [-0.1, -0.05) is 32.6 Å². The molecule has 1 unspecified atom stereocenters. The normalized spacial score (nSPS) is 11.7. The highest BCUT2D eigenvalue weighted by Gasteiger charge is 2.20. The molecular formula is C13H24N2O5. The van der Waals surface area contributed by atoms with E-state index in [9.17, 15) is 14.4 Å². The lowest BCUT2D eigenvalue weighted by Crippen LogP contribution is -2.47. The van der Waals surface area contributed by atoms with Crippen LogP contribution in [-0.4, -0.2) is 52.2 Å². The van der Waals surface area contributed by atoms with Crippen LogP contribution >= 0.6 is 0 Å². The molecule has 0 heterocycles. The Balaban J connectivity index is 4.22. The van der Waals surface area contributed by atoms with Crippen molar-refractivity contribution in [3.05, 3.63) is 0 Å². The first-order chi connectivity index (χ1) is 9.36. The zero-order valence-corrected chi connectivity index (χ0v) is 12.1. The van der Waals surface area contributed by atoms with Crippen molar-refractivity contribution in [2.24, 2.45) is 0 Å². The number of carbonyl (C=O) groups excluding carboxylic acids is 1. The molecule has 3 N–H and O–H groups in total. The van der Waals surface area contributed by atoms with Crippen LogP contribution in [0.15, 0.2) is 0 Å². The lowest BCUT2D eigenvalue weighted by atomic mass is 10.1. The highest BCUT2D eigenvalue weighted by atomic mass is 16.4. The van der Waals surface area contributed by atoms with E-state index < -0.39 is 31.1 Å².